The number of carboxylic acid groups (broad SMARTS) is 1. The topological polar surface area (TPSA) is 52.6 Å². The van der Waals surface area contributed by atoms with Crippen LogP contribution < -0.4 is 5.32 Å². The molecule has 1 aliphatic heterocycles. The predicted molar refractivity (Wildman–Crippen MR) is 148 cm³/mol. The largest absolute Gasteiger partial charge is 0.478 e. The first-order valence-electron chi connectivity index (χ1n) is 12.6. The molecule has 6 heteroatoms. The van der Waals surface area contributed by atoms with Crippen molar-refractivity contribution >= 4 is 36.9 Å². The fraction of sp³-hybridized carbons (Fsp3) is 0.483. The molecule has 35 heavy (non-hydrogen) atoms. The molecule has 4 nitrogen and oxygen atoms in total. The van der Waals surface area contributed by atoms with Crippen molar-refractivity contribution in [1.29, 1.82) is 0 Å². The first-order valence-corrected chi connectivity index (χ1v) is 12.6. The van der Waals surface area contributed by atoms with E-state index in [1.807, 2.05) is 12.1 Å². The highest BCUT2D eigenvalue weighted by atomic mass is 35.5. The summed E-state index contributed by atoms with van der Waals surface area (Å²) in [6.45, 7) is 5.52. The third-order valence-corrected chi connectivity index (χ3v) is 8.16. The predicted octanol–water partition coefficient (Wildman–Crippen LogP) is 6.44. The summed E-state index contributed by atoms with van der Waals surface area (Å²) in [7, 11) is 0. The van der Waals surface area contributed by atoms with E-state index >= 15 is 0 Å². The Balaban J connectivity index is 0.00000171. The molecule has 2 aliphatic carbocycles. The lowest BCUT2D eigenvalue weighted by molar-refractivity contribution is 0.00296. The first kappa shape index (κ1) is 27.7. The van der Waals surface area contributed by atoms with Gasteiger partial charge in [-0.1, -0.05) is 61.0 Å². The smallest absolute Gasteiger partial charge is 0.335 e. The van der Waals surface area contributed by atoms with Crippen LogP contribution in [0.5, 0.6) is 0 Å². The normalized spacial score (nSPS) is 23.6. The highest BCUT2D eigenvalue weighted by molar-refractivity contribution is 5.87. The van der Waals surface area contributed by atoms with Gasteiger partial charge >= 0.3 is 5.97 Å². The van der Waals surface area contributed by atoms with Crippen molar-refractivity contribution in [2.24, 2.45) is 11.3 Å². The molecule has 2 saturated carbocycles. The third-order valence-electron chi connectivity index (χ3n) is 8.16. The van der Waals surface area contributed by atoms with Gasteiger partial charge < -0.3 is 10.4 Å². The highest BCUT2D eigenvalue weighted by Gasteiger charge is 2.49. The molecule has 3 fully saturated rings. The summed E-state index contributed by atoms with van der Waals surface area (Å²) >= 11 is 0. The van der Waals surface area contributed by atoms with E-state index < -0.39 is 5.97 Å². The van der Waals surface area contributed by atoms with E-state index in [-0.39, 0.29) is 24.8 Å². The van der Waals surface area contributed by atoms with Gasteiger partial charge in [0.1, 0.15) is 0 Å². The van der Waals surface area contributed by atoms with Gasteiger partial charge in [0.2, 0.25) is 0 Å². The summed E-state index contributed by atoms with van der Waals surface area (Å²) in [4.78, 5) is 13.6. The average molecular weight is 518 g/mol. The molecule has 2 aromatic carbocycles. The van der Waals surface area contributed by atoms with E-state index in [0.29, 0.717) is 23.1 Å². The quantitative estimate of drug-likeness (QED) is 0.423. The van der Waals surface area contributed by atoms with Crippen molar-refractivity contribution in [3.63, 3.8) is 0 Å². The van der Waals surface area contributed by atoms with Gasteiger partial charge in [0.05, 0.1) is 5.56 Å². The lowest BCUT2D eigenvalue weighted by Gasteiger charge is -2.52. The molecule has 190 valence electrons. The standard InChI is InChI=1S/C29H36N2O2.2ClH/c1-2-23(16-21-6-4-3-5-7-21)26-17-27(26)30-25-18-29(19-25)12-14-31(15-13-29)20-22-8-10-24(11-9-22)28(32)33;;/h3-11,16,25-27,30H,2,12-15,17-20H2,1H3,(H,32,33);2*1H/t26?,27-;;/m0../s1. The maximum absolute atomic E-state index is 11.0. The summed E-state index contributed by atoms with van der Waals surface area (Å²) in [5.74, 6) is -0.133. The fourth-order valence-corrected chi connectivity index (χ4v) is 6.03. The van der Waals surface area contributed by atoms with E-state index in [2.05, 4.69) is 53.5 Å². The Kier molecular flexibility index (Phi) is 9.45. The van der Waals surface area contributed by atoms with Crippen LogP contribution in [0.2, 0.25) is 0 Å². The summed E-state index contributed by atoms with van der Waals surface area (Å²) in [6.07, 6.45) is 10.1. The van der Waals surface area contributed by atoms with Crippen LogP contribution in [0.15, 0.2) is 60.2 Å². The molecule has 1 heterocycles. The molecule has 2 atom stereocenters. The zero-order chi connectivity index (χ0) is 22.8. The monoisotopic (exact) mass is 516 g/mol. The number of aromatic carboxylic acids is 1. The zero-order valence-corrected chi connectivity index (χ0v) is 22.1. The van der Waals surface area contributed by atoms with Crippen molar-refractivity contribution in [3.8, 4) is 0 Å². The Hall–Kier alpha value is -1.85. The molecule has 0 bridgehead atoms. The van der Waals surface area contributed by atoms with Crippen LogP contribution in [0.25, 0.3) is 6.08 Å². The Morgan fingerprint density at radius 1 is 1.06 bits per heavy atom. The Morgan fingerprint density at radius 2 is 1.71 bits per heavy atom. The number of benzene rings is 2. The number of hydrogen-bond acceptors (Lipinski definition) is 3. The van der Waals surface area contributed by atoms with Crippen LogP contribution in [0.4, 0.5) is 0 Å². The van der Waals surface area contributed by atoms with Crippen molar-refractivity contribution in [2.75, 3.05) is 13.1 Å². The van der Waals surface area contributed by atoms with Gasteiger partial charge in [0, 0.05) is 18.6 Å². The van der Waals surface area contributed by atoms with Crippen LogP contribution in [0, 0.1) is 11.3 Å². The molecular weight excluding hydrogens is 479 g/mol. The third kappa shape index (κ3) is 6.68. The Labute approximate surface area is 222 Å². The van der Waals surface area contributed by atoms with Gasteiger partial charge in [0.25, 0.3) is 0 Å². The van der Waals surface area contributed by atoms with Gasteiger partial charge in [-0.3, -0.25) is 4.90 Å². The minimum atomic E-state index is -0.856. The maximum Gasteiger partial charge on any atom is 0.335 e. The van der Waals surface area contributed by atoms with Gasteiger partial charge in [-0.2, -0.15) is 0 Å². The number of hydrogen-bond donors (Lipinski definition) is 2. The van der Waals surface area contributed by atoms with Crippen LogP contribution in [0.1, 0.15) is 66.9 Å². The number of piperidine rings is 1. The van der Waals surface area contributed by atoms with Crippen molar-refractivity contribution < 1.29 is 9.90 Å². The summed E-state index contributed by atoms with van der Waals surface area (Å²) in [6, 6.07) is 19.5. The average Bonchev–Trinajstić information content (AvgIpc) is 3.58. The van der Waals surface area contributed by atoms with Crippen LogP contribution in [-0.4, -0.2) is 41.1 Å². The summed E-state index contributed by atoms with van der Waals surface area (Å²) in [5.41, 5.74) is 5.05. The summed E-state index contributed by atoms with van der Waals surface area (Å²) in [5, 5.41) is 13.0. The van der Waals surface area contributed by atoms with Gasteiger partial charge in [0.15, 0.2) is 0 Å². The minimum absolute atomic E-state index is 0. The number of nitrogens with zero attached hydrogens (tertiary/aromatic N) is 1. The number of carboxylic acids is 1. The van der Waals surface area contributed by atoms with Gasteiger partial charge in [-0.15, -0.1) is 24.8 Å². The van der Waals surface area contributed by atoms with E-state index in [4.69, 9.17) is 5.11 Å². The fourth-order valence-electron chi connectivity index (χ4n) is 6.03. The second-order valence-corrected chi connectivity index (χ2v) is 10.5. The molecule has 0 amide bonds. The van der Waals surface area contributed by atoms with Crippen molar-refractivity contribution in [2.45, 2.75) is 64.1 Å². The van der Waals surface area contributed by atoms with E-state index in [9.17, 15) is 4.79 Å². The Morgan fingerprint density at radius 3 is 2.31 bits per heavy atom. The SMILES string of the molecule is CCC(=Cc1ccccc1)C1C[C@@H]1NC1CC2(CCN(Cc3ccc(C(=O)O)cc3)CC2)C1.Cl.Cl. The number of nitrogens with one attached hydrogen (secondary N) is 1. The van der Waals surface area contributed by atoms with Crippen LogP contribution in [0.3, 0.4) is 0 Å². The zero-order valence-electron chi connectivity index (χ0n) is 20.5. The second-order valence-electron chi connectivity index (χ2n) is 10.5. The van der Waals surface area contributed by atoms with Crippen LogP contribution in [-0.2, 0) is 6.54 Å². The molecule has 0 radical (unpaired) electrons. The first-order chi connectivity index (χ1) is 16.0. The molecule has 2 aromatic rings. The molecule has 2 N–H and O–H groups in total. The molecule has 3 aliphatic rings. The number of rotatable bonds is 8. The lowest BCUT2D eigenvalue weighted by atomic mass is 9.60. The lowest BCUT2D eigenvalue weighted by Crippen LogP contribution is -2.54. The number of halogens is 2. The molecule has 1 unspecified atom stereocenters. The number of carbonyl (C=O) groups is 1. The number of likely N-dealkylation sites (tertiary alicyclic amines) is 1. The second kappa shape index (κ2) is 11.9. The molecular formula is C29H38Cl2N2O2. The molecule has 0 aromatic heterocycles. The summed E-state index contributed by atoms with van der Waals surface area (Å²) < 4.78 is 0. The van der Waals surface area contributed by atoms with Crippen molar-refractivity contribution in [3.05, 3.63) is 76.9 Å². The van der Waals surface area contributed by atoms with Crippen LogP contribution >= 0.6 is 24.8 Å². The van der Waals surface area contributed by atoms with E-state index in [0.717, 1.165) is 32.0 Å². The van der Waals surface area contributed by atoms with Gasteiger partial charge in [-0.05, 0) is 86.2 Å². The minimum Gasteiger partial charge on any atom is -0.478 e. The van der Waals surface area contributed by atoms with Crippen molar-refractivity contribution in [1.82, 2.24) is 10.2 Å². The maximum atomic E-state index is 11.0. The Bertz CT molecular complexity index is 993. The van der Waals surface area contributed by atoms with E-state index in [1.54, 1.807) is 17.7 Å². The highest BCUT2D eigenvalue weighted by Crippen LogP contribution is 2.51. The molecule has 1 spiro atoms. The molecule has 1 saturated heterocycles. The molecule has 5 rings (SSSR count). The van der Waals surface area contributed by atoms with Gasteiger partial charge in [-0.25, -0.2) is 4.79 Å². The van der Waals surface area contributed by atoms with E-state index in [1.165, 1.54) is 43.2 Å².